The van der Waals surface area contributed by atoms with E-state index in [1.807, 2.05) is 0 Å². The molecule has 4 atom stereocenters. The summed E-state index contributed by atoms with van der Waals surface area (Å²) in [4.78, 5) is 0. The maximum atomic E-state index is 9.28. The second kappa shape index (κ2) is 4.15. The molecule has 1 aliphatic rings. The summed E-state index contributed by atoms with van der Waals surface area (Å²) in [6.07, 6.45) is -4.21. The van der Waals surface area contributed by atoms with Gasteiger partial charge in [-0.3, -0.25) is 0 Å². The molecular formula is C7H14O5. The van der Waals surface area contributed by atoms with Crippen molar-refractivity contribution in [2.24, 2.45) is 0 Å². The summed E-state index contributed by atoms with van der Waals surface area (Å²) in [5.41, 5.74) is 0. The second-order valence-corrected chi connectivity index (χ2v) is 2.71. The molecule has 5 heteroatoms. The molecule has 0 radical (unpaired) electrons. The van der Waals surface area contributed by atoms with Crippen LogP contribution in [0.25, 0.3) is 0 Å². The van der Waals surface area contributed by atoms with Crippen LogP contribution in [-0.4, -0.2) is 53.1 Å². The summed E-state index contributed by atoms with van der Waals surface area (Å²) in [6, 6.07) is 0. The molecule has 0 aliphatic carbocycles. The van der Waals surface area contributed by atoms with Gasteiger partial charge in [0.1, 0.15) is 18.3 Å². The van der Waals surface area contributed by atoms with Crippen molar-refractivity contribution in [2.75, 3.05) is 13.2 Å². The van der Waals surface area contributed by atoms with Gasteiger partial charge in [0, 0.05) is 6.61 Å². The van der Waals surface area contributed by atoms with Gasteiger partial charge < -0.3 is 24.8 Å². The predicted molar refractivity (Wildman–Crippen MR) is 39.4 cm³/mol. The van der Waals surface area contributed by atoms with Crippen LogP contribution < -0.4 is 0 Å². The predicted octanol–water partition coefficient (Wildman–Crippen LogP) is -1.54. The van der Waals surface area contributed by atoms with Crippen molar-refractivity contribution in [3.63, 3.8) is 0 Å². The number of ether oxygens (including phenoxy) is 2. The smallest absolute Gasteiger partial charge is 0.186 e. The third kappa shape index (κ3) is 1.94. The van der Waals surface area contributed by atoms with Crippen molar-refractivity contribution in [1.29, 1.82) is 0 Å². The second-order valence-electron chi connectivity index (χ2n) is 2.71. The summed E-state index contributed by atoms with van der Waals surface area (Å²) in [7, 11) is 0. The highest BCUT2D eigenvalue weighted by Gasteiger charge is 2.37. The van der Waals surface area contributed by atoms with E-state index in [4.69, 9.17) is 14.6 Å². The molecule has 0 saturated carbocycles. The molecule has 1 aliphatic heterocycles. The molecule has 72 valence electrons. The molecule has 5 nitrogen and oxygen atoms in total. The van der Waals surface area contributed by atoms with Gasteiger partial charge in [-0.2, -0.15) is 0 Å². The molecule has 1 rings (SSSR count). The lowest BCUT2D eigenvalue weighted by atomic mass is 10.1. The van der Waals surface area contributed by atoms with Crippen LogP contribution in [0, 0.1) is 0 Å². The van der Waals surface area contributed by atoms with Crippen LogP contribution in [0.1, 0.15) is 6.92 Å². The van der Waals surface area contributed by atoms with E-state index in [2.05, 4.69) is 0 Å². The number of hydrogen-bond donors (Lipinski definition) is 3. The zero-order chi connectivity index (χ0) is 9.14. The van der Waals surface area contributed by atoms with Gasteiger partial charge in [0.25, 0.3) is 0 Å². The highest BCUT2D eigenvalue weighted by atomic mass is 16.7. The maximum Gasteiger partial charge on any atom is 0.186 e. The average Bonchev–Trinajstić information content (AvgIpc) is 2.07. The van der Waals surface area contributed by atoms with Gasteiger partial charge >= 0.3 is 0 Å². The fourth-order valence-corrected chi connectivity index (χ4v) is 1.09. The molecule has 1 fully saturated rings. The molecular weight excluding hydrogens is 164 g/mol. The highest BCUT2D eigenvalue weighted by Crippen LogP contribution is 2.15. The minimum atomic E-state index is -1.18. The van der Waals surface area contributed by atoms with Crippen LogP contribution in [0.15, 0.2) is 0 Å². The Balaban J connectivity index is 2.46. The molecule has 1 heterocycles. The van der Waals surface area contributed by atoms with Crippen LogP contribution in [0.4, 0.5) is 0 Å². The van der Waals surface area contributed by atoms with Gasteiger partial charge in [-0.15, -0.1) is 0 Å². The Morgan fingerprint density at radius 1 is 1.33 bits per heavy atom. The van der Waals surface area contributed by atoms with Gasteiger partial charge in [-0.1, -0.05) is 0 Å². The van der Waals surface area contributed by atoms with E-state index >= 15 is 0 Å². The first-order valence-corrected chi connectivity index (χ1v) is 3.94. The minimum absolute atomic E-state index is 0.0110. The number of aliphatic hydroxyl groups excluding tert-OH is 3. The Kier molecular flexibility index (Phi) is 3.42. The maximum absolute atomic E-state index is 9.28. The van der Waals surface area contributed by atoms with E-state index in [0.717, 1.165) is 0 Å². The molecule has 0 bridgehead atoms. The lowest BCUT2D eigenvalue weighted by Gasteiger charge is -2.34. The zero-order valence-corrected chi connectivity index (χ0v) is 6.88. The number of hydrogen-bond acceptors (Lipinski definition) is 5. The van der Waals surface area contributed by atoms with Crippen molar-refractivity contribution in [1.82, 2.24) is 0 Å². The lowest BCUT2D eigenvalue weighted by molar-refractivity contribution is -0.268. The fourth-order valence-electron chi connectivity index (χ4n) is 1.09. The molecule has 0 aromatic carbocycles. The molecule has 1 saturated heterocycles. The van der Waals surface area contributed by atoms with E-state index in [-0.39, 0.29) is 6.61 Å². The average molecular weight is 178 g/mol. The monoisotopic (exact) mass is 178 g/mol. The highest BCUT2D eigenvalue weighted by molar-refractivity contribution is 4.82. The summed E-state index contributed by atoms with van der Waals surface area (Å²) in [5.74, 6) is 0. The number of rotatable bonds is 2. The minimum Gasteiger partial charge on any atom is -0.388 e. The molecule has 1 unspecified atom stereocenters. The normalized spacial score (nSPS) is 43.0. The van der Waals surface area contributed by atoms with Crippen molar-refractivity contribution >= 4 is 0 Å². The molecule has 0 aromatic heterocycles. The van der Waals surface area contributed by atoms with Crippen LogP contribution in [0.3, 0.4) is 0 Å². The van der Waals surface area contributed by atoms with Crippen molar-refractivity contribution in [3.8, 4) is 0 Å². The molecule has 0 aromatic rings. The van der Waals surface area contributed by atoms with Crippen LogP contribution >= 0.6 is 0 Å². The summed E-state index contributed by atoms with van der Waals surface area (Å²) < 4.78 is 9.90. The standard InChI is InChI=1S/C7H14O5/c1-2-11-7-6(10)5(9)4(8)3-12-7/h4-10H,2-3H2,1H3/t4-,5+,6+,7?/m1/s1. The fraction of sp³-hybridized carbons (Fsp3) is 1.00. The van der Waals surface area contributed by atoms with Crippen LogP contribution in [0.2, 0.25) is 0 Å². The van der Waals surface area contributed by atoms with E-state index in [1.54, 1.807) is 6.92 Å². The summed E-state index contributed by atoms with van der Waals surface area (Å²) in [5, 5.41) is 27.5. The summed E-state index contributed by atoms with van der Waals surface area (Å²) >= 11 is 0. The van der Waals surface area contributed by atoms with Gasteiger partial charge in [0.05, 0.1) is 6.61 Å². The van der Waals surface area contributed by atoms with Gasteiger partial charge in [-0.05, 0) is 6.92 Å². The van der Waals surface area contributed by atoms with Crippen LogP contribution in [0.5, 0.6) is 0 Å². The van der Waals surface area contributed by atoms with Crippen LogP contribution in [-0.2, 0) is 9.47 Å². The largest absolute Gasteiger partial charge is 0.388 e. The van der Waals surface area contributed by atoms with Crippen molar-refractivity contribution in [2.45, 2.75) is 31.5 Å². The SMILES string of the molecule is CCOC1OC[C@@H](O)[C@H](O)[C@@H]1O. The first-order chi connectivity index (χ1) is 5.66. The lowest BCUT2D eigenvalue weighted by Crippen LogP contribution is -2.53. The van der Waals surface area contributed by atoms with Crippen molar-refractivity contribution < 1.29 is 24.8 Å². The Labute approximate surface area is 70.5 Å². The zero-order valence-electron chi connectivity index (χ0n) is 6.88. The quantitative estimate of drug-likeness (QED) is 0.477. The van der Waals surface area contributed by atoms with Gasteiger partial charge in [0.2, 0.25) is 0 Å². The third-order valence-corrected chi connectivity index (χ3v) is 1.79. The topological polar surface area (TPSA) is 79.2 Å². The van der Waals surface area contributed by atoms with Crippen molar-refractivity contribution in [3.05, 3.63) is 0 Å². The number of aliphatic hydroxyl groups is 3. The van der Waals surface area contributed by atoms with E-state index in [9.17, 15) is 10.2 Å². The Hall–Kier alpha value is -0.200. The van der Waals surface area contributed by atoms with E-state index in [0.29, 0.717) is 6.61 Å². The summed E-state index contributed by atoms with van der Waals surface area (Å²) in [6.45, 7) is 2.14. The molecule has 12 heavy (non-hydrogen) atoms. The Morgan fingerprint density at radius 2 is 2.00 bits per heavy atom. The Morgan fingerprint density at radius 3 is 2.58 bits per heavy atom. The molecule has 0 amide bonds. The Bertz CT molecular complexity index is 140. The third-order valence-electron chi connectivity index (χ3n) is 1.79. The van der Waals surface area contributed by atoms with E-state index < -0.39 is 24.6 Å². The molecule has 3 N–H and O–H groups in total. The molecule has 0 spiro atoms. The first kappa shape index (κ1) is 9.88. The first-order valence-electron chi connectivity index (χ1n) is 3.94. The van der Waals surface area contributed by atoms with Gasteiger partial charge in [-0.25, -0.2) is 0 Å². The van der Waals surface area contributed by atoms with Gasteiger partial charge in [0.15, 0.2) is 6.29 Å². The van der Waals surface area contributed by atoms with E-state index in [1.165, 1.54) is 0 Å².